The van der Waals surface area contributed by atoms with Crippen LogP contribution in [0.15, 0.2) is 24.3 Å². The summed E-state index contributed by atoms with van der Waals surface area (Å²) in [6.07, 6.45) is -1.03. The van der Waals surface area contributed by atoms with Gasteiger partial charge >= 0.3 is 6.09 Å². The van der Waals surface area contributed by atoms with Crippen molar-refractivity contribution in [3.63, 3.8) is 0 Å². The standard InChI is InChI=1S/C19H24N8O5/c1-10(2)16(22-19(31)32)18(30)21-9-15(28)27-12-6-4-3-5-11(12)7-13(27)17(29)20-8-14-23-25-26-24-14/h3-6,10,13,16,22H,7-9H2,1-2H3,(H,20,29)(H,21,30)(H,31,32)(H,23,24,25,26). The number of aromatic nitrogens is 4. The number of fused-ring (bicyclic) bond motifs is 1. The average molecular weight is 444 g/mol. The van der Waals surface area contributed by atoms with Gasteiger partial charge in [-0.2, -0.15) is 5.21 Å². The molecule has 0 radical (unpaired) electrons. The summed E-state index contributed by atoms with van der Waals surface area (Å²) in [7, 11) is 0. The topological polar surface area (TPSA) is 182 Å². The zero-order valence-corrected chi connectivity index (χ0v) is 17.5. The molecule has 170 valence electrons. The van der Waals surface area contributed by atoms with Crippen molar-refractivity contribution in [1.29, 1.82) is 0 Å². The highest BCUT2D eigenvalue weighted by Gasteiger charge is 2.38. The fourth-order valence-electron chi connectivity index (χ4n) is 3.47. The van der Waals surface area contributed by atoms with Crippen LogP contribution in [0, 0.1) is 5.92 Å². The van der Waals surface area contributed by atoms with E-state index in [0.29, 0.717) is 17.9 Å². The second kappa shape index (κ2) is 9.85. The normalized spacial score (nSPS) is 15.7. The summed E-state index contributed by atoms with van der Waals surface area (Å²) in [4.78, 5) is 50.6. The molecule has 1 aliphatic heterocycles. The number of aromatic amines is 1. The van der Waals surface area contributed by atoms with Gasteiger partial charge in [0.25, 0.3) is 0 Å². The van der Waals surface area contributed by atoms with Crippen LogP contribution in [0.1, 0.15) is 25.2 Å². The Morgan fingerprint density at radius 1 is 1.22 bits per heavy atom. The van der Waals surface area contributed by atoms with Gasteiger partial charge in [-0.15, -0.1) is 10.2 Å². The molecule has 13 heteroatoms. The molecule has 0 spiro atoms. The highest BCUT2D eigenvalue weighted by molar-refractivity contribution is 6.05. The quantitative estimate of drug-likeness (QED) is 0.350. The van der Waals surface area contributed by atoms with Crippen LogP contribution >= 0.6 is 0 Å². The van der Waals surface area contributed by atoms with Gasteiger partial charge in [0.2, 0.25) is 17.7 Å². The van der Waals surface area contributed by atoms with Crippen LogP contribution in [0.3, 0.4) is 0 Å². The third-order valence-corrected chi connectivity index (χ3v) is 5.00. The lowest BCUT2D eigenvalue weighted by molar-refractivity contribution is -0.128. The molecule has 32 heavy (non-hydrogen) atoms. The van der Waals surface area contributed by atoms with Crippen LogP contribution in [0.25, 0.3) is 0 Å². The third kappa shape index (κ3) is 5.17. The van der Waals surface area contributed by atoms with Crippen LogP contribution < -0.4 is 20.9 Å². The molecule has 2 unspecified atom stereocenters. The van der Waals surface area contributed by atoms with E-state index < -0.39 is 42.4 Å². The maximum atomic E-state index is 13.0. The van der Waals surface area contributed by atoms with Gasteiger partial charge in [0.15, 0.2) is 5.82 Å². The molecule has 13 nitrogen and oxygen atoms in total. The molecule has 4 amide bonds. The van der Waals surface area contributed by atoms with Crippen molar-refractivity contribution in [2.45, 2.75) is 38.9 Å². The van der Waals surface area contributed by atoms with E-state index >= 15 is 0 Å². The summed E-state index contributed by atoms with van der Waals surface area (Å²) in [6, 6.07) is 5.29. The van der Waals surface area contributed by atoms with Gasteiger partial charge in [-0.1, -0.05) is 37.3 Å². The number of benzene rings is 1. The molecule has 1 aromatic heterocycles. The Morgan fingerprint density at radius 2 is 1.97 bits per heavy atom. The second-order valence-corrected chi connectivity index (χ2v) is 7.55. The van der Waals surface area contributed by atoms with E-state index in [1.165, 1.54) is 4.90 Å². The minimum Gasteiger partial charge on any atom is -0.465 e. The average Bonchev–Trinajstić information content (AvgIpc) is 3.41. The summed E-state index contributed by atoms with van der Waals surface area (Å²) in [6.45, 7) is 3.01. The van der Waals surface area contributed by atoms with Crippen molar-refractivity contribution in [2.24, 2.45) is 5.92 Å². The molecule has 0 aliphatic carbocycles. The number of nitrogens with one attached hydrogen (secondary N) is 4. The van der Waals surface area contributed by atoms with Gasteiger partial charge in [0.05, 0.1) is 13.1 Å². The number of hydrogen-bond acceptors (Lipinski definition) is 7. The summed E-state index contributed by atoms with van der Waals surface area (Å²) >= 11 is 0. The first-order chi connectivity index (χ1) is 15.3. The van der Waals surface area contributed by atoms with Crippen molar-refractivity contribution in [3.8, 4) is 0 Å². The molecule has 2 atom stereocenters. The van der Waals surface area contributed by atoms with Crippen LogP contribution in [0.4, 0.5) is 10.5 Å². The SMILES string of the molecule is CC(C)C(NC(=O)O)C(=O)NCC(=O)N1c2ccccc2CC1C(=O)NCc1nn[nH]n1. The van der Waals surface area contributed by atoms with E-state index in [2.05, 4.69) is 36.6 Å². The van der Waals surface area contributed by atoms with Crippen molar-refractivity contribution in [1.82, 2.24) is 36.6 Å². The van der Waals surface area contributed by atoms with Crippen molar-refractivity contribution in [2.75, 3.05) is 11.4 Å². The summed E-state index contributed by atoms with van der Waals surface area (Å²) in [5.74, 6) is -1.55. The number of hydrogen-bond donors (Lipinski definition) is 5. The van der Waals surface area contributed by atoms with Gasteiger partial charge in [-0.3, -0.25) is 19.3 Å². The zero-order valence-electron chi connectivity index (χ0n) is 17.5. The minimum absolute atomic E-state index is 0.0396. The molecule has 0 fully saturated rings. The van der Waals surface area contributed by atoms with E-state index in [-0.39, 0.29) is 12.5 Å². The Hall–Kier alpha value is -4.03. The first-order valence-electron chi connectivity index (χ1n) is 9.95. The van der Waals surface area contributed by atoms with Gasteiger partial charge in [-0.25, -0.2) is 4.79 Å². The van der Waals surface area contributed by atoms with E-state index in [4.69, 9.17) is 5.11 Å². The largest absolute Gasteiger partial charge is 0.465 e. The second-order valence-electron chi connectivity index (χ2n) is 7.55. The molecule has 0 bridgehead atoms. The van der Waals surface area contributed by atoms with Gasteiger partial charge in [-0.05, 0) is 17.5 Å². The molecule has 2 aromatic rings. The summed E-state index contributed by atoms with van der Waals surface area (Å²) < 4.78 is 0. The lowest BCUT2D eigenvalue weighted by atomic mass is 10.0. The first kappa shape index (κ1) is 22.7. The molecule has 0 saturated heterocycles. The number of para-hydroxylation sites is 1. The molecule has 1 aliphatic rings. The zero-order chi connectivity index (χ0) is 23.3. The van der Waals surface area contributed by atoms with Gasteiger partial charge in [0, 0.05) is 12.1 Å². The molecular formula is C19H24N8O5. The number of rotatable bonds is 8. The Labute approximate surface area is 182 Å². The van der Waals surface area contributed by atoms with E-state index in [0.717, 1.165) is 5.56 Å². The van der Waals surface area contributed by atoms with Crippen LogP contribution in [-0.2, 0) is 27.3 Å². The Bertz CT molecular complexity index is 993. The van der Waals surface area contributed by atoms with Gasteiger partial charge < -0.3 is 21.1 Å². The fraction of sp³-hybridized carbons (Fsp3) is 0.421. The minimum atomic E-state index is -1.34. The number of carboxylic acid groups (broad SMARTS) is 1. The molecule has 1 aromatic carbocycles. The summed E-state index contributed by atoms with van der Waals surface area (Å²) in [5.41, 5.74) is 1.40. The van der Waals surface area contributed by atoms with Crippen molar-refractivity contribution < 1.29 is 24.3 Å². The molecular weight excluding hydrogens is 420 g/mol. The Kier molecular flexibility index (Phi) is 6.97. The number of anilines is 1. The predicted octanol–water partition coefficient (Wildman–Crippen LogP) is -0.818. The van der Waals surface area contributed by atoms with Crippen molar-refractivity contribution >= 4 is 29.5 Å². The molecule has 2 heterocycles. The van der Waals surface area contributed by atoms with Crippen LogP contribution in [0.5, 0.6) is 0 Å². The van der Waals surface area contributed by atoms with Crippen molar-refractivity contribution in [3.05, 3.63) is 35.7 Å². The number of carbonyl (C=O) groups is 4. The smallest absolute Gasteiger partial charge is 0.405 e. The molecule has 3 rings (SSSR count). The first-order valence-corrected chi connectivity index (χ1v) is 9.95. The fourth-order valence-corrected chi connectivity index (χ4v) is 3.47. The number of nitrogens with zero attached hydrogens (tertiary/aromatic N) is 4. The lowest BCUT2D eigenvalue weighted by Gasteiger charge is -2.26. The molecule has 5 N–H and O–H groups in total. The van der Waals surface area contributed by atoms with Crippen LogP contribution in [-0.4, -0.2) is 68.2 Å². The number of carbonyl (C=O) groups excluding carboxylic acids is 3. The Balaban J connectivity index is 1.70. The maximum absolute atomic E-state index is 13.0. The number of amides is 4. The maximum Gasteiger partial charge on any atom is 0.405 e. The van der Waals surface area contributed by atoms with E-state index in [1.54, 1.807) is 26.0 Å². The highest BCUT2D eigenvalue weighted by atomic mass is 16.4. The van der Waals surface area contributed by atoms with E-state index in [1.807, 2.05) is 12.1 Å². The highest BCUT2D eigenvalue weighted by Crippen LogP contribution is 2.32. The van der Waals surface area contributed by atoms with E-state index in [9.17, 15) is 19.2 Å². The Morgan fingerprint density at radius 3 is 2.62 bits per heavy atom. The van der Waals surface area contributed by atoms with Gasteiger partial charge in [0.1, 0.15) is 12.1 Å². The number of H-pyrrole nitrogens is 1. The molecule has 0 saturated carbocycles. The number of tetrazole rings is 1. The third-order valence-electron chi connectivity index (χ3n) is 5.00. The van der Waals surface area contributed by atoms with Crippen LogP contribution in [0.2, 0.25) is 0 Å². The predicted molar refractivity (Wildman–Crippen MR) is 110 cm³/mol. The summed E-state index contributed by atoms with van der Waals surface area (Å²) in [5, 5.41) is 29.5. The monoisotopic (exact) mass is 444 g/mol. The lowest BCUT2D eigenvalue weighted by Crippen LogP contribution is -2.54.